The van der Waals surface area contributed by atoms with Gasteiger partial charge in [0.15, 0.2) is 0 Å². The van der Waals surface area contributed by atoms with Crippen molar-refractivity contribution in [1.82, 2.24) is 0 Å². The van der Waals surface area contributed by atoms with E-state index in [9.17, 15) is 13.6 Å². The van der Waals surface area contributed by atoms with Crippen LogP contribution in [0.2, 0.25) is 0 Å². The van der Waals surface area contributed by atoms with Crippen molar-refractivity contribution in [3.05, 3.63) is 29.3 Å². The van der Waals surface area contributed by atoms with Gasteiger partial charge in [-0.2, -0.15) is 0 Å². The predicted octanol–water partition coefficient (Wildman–Crippen LogP) is 1.95. The first kappa shape index (κ1) is 12.4. The Kier molecular flexibility index (Phi) is 3.82. The Morgan fingerprint density at radius 2 is 2.06 bits per heavy atom. The first-order chi connectivity index (χ1) is 7.45. The molecule has 16 heavy (non-hydrogen) atoms. The molecule has 5 heteroatoms. The largest absolute Gasteiger partial charge is 0.371 e. The first-order valence-electron chi connectivity index (χ1n) is 4.97. The van der Waals surface area contributed by atoms with Gasteiger partial charge in [-0.1, -0.05) is 6.92 Å². The quantitative estimate of drug-likeness (QED) is 0.827. The second-order valence-corrected chi connectivity index (χ2v) is 3.59. The zero-order chi connectivity index (χ0) is 12.3. The lowest BCUT2D eigenvalue weighted by Crippen LogP contribution is -2.35. The van der Waals surface area contributed by atoms with Crippen molar-refractivity contribution in [2.24, 2.45) is 5.73 Å². The molecule has 0 saturated heterocycles. The molecule has 0 aliphatic rings. The molecule has 1 rings (SSSR count). The van der Waals surface area contributed by atoms with Gasteiger partial charge >= 0.3 is 0 Å². The predicted molar refractivity (Wildman–Crippen MR) is 58.0 cm³/mol. The van der Waals surface area contributed by atoms with Crippen molar-refractivity contribution in [2.75, 3.05) is 5.32 Å². The third-order valence-corrected chi connectivity index (χ3v) is 2.33. The third-order valence-electron chi connectivity index (χ3n) is 2.33. The maximum Gasteiger partial charge on any atom is 0.239 e. The number of halogens is 2. The minimum Gasteiger partial charge on any atom is -0.371 e. The maximum absolute atomic E-state index is 13.4. The van der Waals surface area contributed by atoms with Gasteiger partial charge in [-0.25, -0.2) is 8.78 Å². The number of aryl methyl sites for hydroxylation is 1. The lowest BCUT2D eigenvalue weighted by molar-refractivity contribution is -0.118. The molecule has 0 aliphatic carbocycles. The van der Waals surface area contributed by atoms with Crippen LogP contribution in [0.25, 0.3) is 0 Å². The van der Waals surface area contributed by atoms with E-state index >= 15 is 0 Å². The number of nitrogens with one attached hydrogen (secondary N) is 1. The van der Waals surface area contributed by atoms with Crippen LogP contribution in [-0.4, -0.2) is 11.9 Å². The van der Waals surface area contributed by atoms with Gasteiger partial charge in [0.1, 0.15) is 17.7 Å². The van der Waals surface area contributed by atoms with Crippen molar-refractivity contribution >= 4 is 11.6 Å². The molecular formula is C11H14F2N2O. The molecule has 1 aromatic carbocycles. The molecule has 0 fully saturated rings. The number of amides is 1. The lowest BCUT2D eigenvalue weighted by Gasteiger charge is -2.15. The number of nitrogens with two attached hydrogens (primary N) is 1. The molecule has 1 aromatic rings. The van der Waals surface area contributed by atoms with Gasteiger partial charge in [-0.05, 0) is 25.0 Å². The van der Waals surface area contributed by atoms with Gasteiger partial charge in [0, 0.05) is 6.07 Å². The molecule has 0 bridgehead atoms. The maximum atomic E-state index is 13.4. The Hall–Kier alpha value is -1.65. The minimum absolute atomic E-state index is 0.0475. The van der Waals surface area contributed by atoms with Crippen LogP contribution in [0.3, 0.4) is 0 Å². The molecule has 1 unspecified atom stereocenters. The third kappa shape index (κ3) is 2.68. The van der Waals surface area contributed by atoms with E-state index in [1.165, 1.54) is 6.92 Å². The summed E-state index contributed by atoms with van der Waals surface area (Å²) in [4.78, 5) is 10.9. The van der Waals surface area contributed by atoms with E-state index in [2.05, 4.69) is 5.32 Å². The minimum atomic E-state index is -0.698. The Morgan fingerprint density at radius 1 is 1.44 bits per heavy atom. The van der Waals surface area contributed by atoms with Crippen LogP contribution in [0.1, 0.15) is 18.9 Å². The second kappa shape index (κ2) is 4.92. The van der Waals surface area contributed by atoms with E-state index in [0.717, 1.165) is 12.1 Å². The molecule has 0 radical (unpaired) electrons. The Labute approximate surface area is 92.6 Å². The fourth-order valence-corrected chi connectivity index (χ4v) is 1.32. The molecule has 0 aromatic heterocycles. The van der Waals surface area contributed by atoms with Gasteiger partial charge in [0.05, 0.1) is 5.69 Å². The zero-order valence-electron chi connectivity index (χ0n) is 9.18. The first-order valence-corrected chi connectivity index (χ1v) is 4.97. The Balaban J connectivity index is 2.96. The highest BCUT2D eigenvalue weighted by molar-refractivity contribution is 5.82. The van der Waals surface area contributed by atoms with Gasteiger partial charge in [0.2, 0.25) is 5.91 Å². The highest BCUT2D eigenvalue weighted by Crippen LogP contribution is 2.20. The van der Waals surface area contributed by atoms with Crippen molar-refractivity contribution in [2.45, 2.75) is 26.3 Å². The summed E-state index contributed by atoms with van der Waals surface area (Å²) in [5.41, 5.74) is 5.27. The van der Waals surface area contributed by atoms with Crippen LogP contribution < -0.4 is 11.1 Å². The normalized spacial score (nSPS) is 12.2. The van der Waals surface area contributed by atoms with E-state index in [0.29, 0.717) is 6.42 Å². The van der Waals surface area contributed by atoms with Gasteiger partial charge in [0.25, 0.3) is 0 Å². The summed E-state index contributed by atoms with van der Waals surface area (Å²) >= 11 is 0. The van der Waals surface area contributed by atoms with Crippen LogP contribution in [-0.2, 0) is 4.79 Å². The molecule has 0 spiro atoms. The van der Waals surface area contributed by atoms with Gasteiger partial charge < -0.3 is 11.1 Å². The zero-order valence-corrected chi connectivity index (χ0v) is 9.18. The van der Waals surface area contributed by atoms with Crippen LogP contribution in [0.15, 0.2) is 12.1 Å². The van der Waals surface area contributed by atoms with Crippen LogP contribution >= 0.6 is 0 Å². The lowest BCUT2D eigenvalue weighted by atomic mass is 10.1. The summed E-state index contributed by atoms with van der Waals surface area (Å²) in [6.45, 7) is 3.19. The topological polar surface area (TPSA) is 55.1 Å². The highest BCUT2D eigenvalue weighted by atomic mass is 19.1. The Morgan fingerprint density at radius 3 is 2.56 bits per heavy atom. The van der Waals surface area contributed by atoms with Crippen molar-refractivity contribution < 1.29 is 13.6 Å². The van der Waals surface area contributed by atoms with E-state index in [1.54, 1.807) is 6.92 Å². The summed E-state index contributed by atoms with van der Waals surface area (Å²) in [6, 6.07) is 1.40. The van der Waals surface area contributed by atoms with Crippen molar-refractivity contribution in [3.63, 3.8) is 0 Å². The van der Waals surface area contributed by atoms with Crippen molar-refractivity contribution in [3.8, 4) is 0 Å². The van der Waals surface area contributed by atoms with E-state index in [1.807, 2.05) is 0 Å². The number of anilines is 1. The van der Waals surface area contributed by atoms with Crippen LogP contribution in [0.5, 0.6) is 0 Å². The van der Waals surface area contributed by atoms with E-state index in [4.69, 9.17) is 5.73 Å². The van der Waals surface area contributed by atoms with Crippen LogP contribution in [0.4, 0.5) is 14.5 Å². The summed E-state index contributed by atoms with van der Waals surface area (Å²) in [5, 5.41) is 2.57. The average Bonchev–Trinajstić information content (AvgIpc) is 2.21. The summed E-state index contributed by atoms with van der Waals surface area (Å²) in [6.07, 6.45) is 0.407. The monoisotopic (exact) mass is 228 g/mol. The standard InChI is InChI=1S/C11H14F2N2O/c1-3-9(11(14)16)15-10-5-7(12)6(2)4-8(10)13/h4-5,9,15H,3H2,1-2H3,(H2,14,16). The fourth-order valence-electron chi connectivity index (χ4n) is 1.32. The molecule has 0 heterocycles. The number of hydrogen-bond donors (Lipinski definition) is 2. The molecule has 0 aliphatic heterocycles. The number of carbonyl (C=O) groups is 1. The number of hydrogen-bond acceptors (Lipinski definition) is 2. The smallest absolute Gasteiger partial charge is 0.239 e. The Bertz CT molecular complexity index is 407. The van der Waals surface area contributed by atoms with Crippen LogP contribution in [0, 0.1) is 18.6 Å². The summed E-state index contributed by atoms with van der Waals surface area (Å²) in [7, 11) is 0. The van der Waals surface area contributed by atoms with Crippen molar-refractivity contribution in [1.29, 1.82) is 0 Å². The summed E-state index contributed by atoms with van der Waals surface area (Å²) in [5.74, 6) is -1.72. The average molecular weight is 228 g/mol. The molecule has 1 atom stereocenters. The SMILES string of the molecule is CCC(Nc1cc(F)c(C)cc1F)C(N)=O. The number of rotatable bonds is 4. The highest BCUT2D eigenvalue weighted by Gasteiger charge is 2.15. The number of primary amides is 1. The molecule has 3 N–H and O–H groups in total. The van der Waals surface area contributed by atoms with Gasteiger partial charge in [-0.15, -0.1) is 0 Å². The number of carbonyl (C=O) groups excluding carboxylic acids is 1. The number of benzene rings is 1. The molecule has 1 amide bonds. The molecular weight excluding hydrogens is 214 g/mol. The van der Waals surface area contributed by atoms with Gasteiger partial charge in [-0.3, -0.25) is 4.79 Å². The summed E-state index contributed by atoms with van der Waals surface area (Å²) < 4.78 is 26.6. The fraction of sp³-hybridized carbons (Fsp3) is 0.364. The van der Waals surface area contributed by atoms with E-state index in [-0.39, 0.29) is 11.3 Å². The molecule has 0 saturated carbocycles. The molecule has 3 nitrogen and oxygen atoms in total. The van der Waals surface area contributed by atoms with E-state index < -0.39 is 23.6 Å². The molecule has 88 valence electrons. The second-order valence-electron chi connectivity index (χ2n) is 3.59.